The fourth-order valence-electron chi connectivity index (χ4n) is 1.88. The maximum absolute atomic E-state index is 5.94. The maximum atomic E-state index is 5.94. The number of thioether (sulfide) groups is 1. The second-order valence-corrected chi connectivity index (χ2v) is 5.34. The number of nitrogens with zero attached hydrogens (tertiary/aromatic N) is 2. The molecule has 2 saturated heterocycles. The highest BCUT2D eigenvalue weighted by Gasteiger charge is 2.16. The molecule has 5 heteroatoms. The largest absolute Gasteiger partial charge is 0.378 e. The highest BCUT2D eigenvalue weighted by atomic mass is 32.2. The van der Waals surface area contributed by atoms with E-state index in [1.165, 1.54) is 18.6 Å². The van der Waals surface area contributed by atoms with Crippen molar-refractivity contribution in [2.24, 2.45) is 10.7 Å². The molecule has 0 radical (unpaired) electrons. The van der Waals surface area contributed by atoms with Crippen LogP contribution in [0.2, 0.25) is 0 Å². The average Bonchev–Trinajstić information content (AvgIpc) is 2.80. The van der Waals surface area contributed by atoms with Crippen LogP contribution in [0.3, 0.4) is 0 Å². The Kier molecular flexibility index (Phi) is 4.14. The van der Waals surface area contributed by atoms with E-state index in [0.29, 0.717) is 11.2 Å². The van der Waals surface area contributed by atoms with Gasteiger partial charge in [0.25, 0.3) is 0 Å². The van der Waals surface area contributed by atoms with Gasteiger partial charge in [-0.05, 0) is 18.6 Å². The van der Waals surface area contributed by atoms with E-state index in [0.717, 1.165) is 32.8 Å². The van der Waals surface area contributed by atoms with Gasteiger partial charge < -0.3 is 15.4 Å². The second kappa shape index (κ2) is 5.61. The lowest BCUT2D eigenvalue weighted by molar-refractivity contribution is 0.0674. The molecule has 0 aromatic carbocycles. The molecule has 1 unspecified atom stereocenters. The molecule has 2 heterocycles. The summed E-state index contributed by atoms with van der Waals surface area (Å²) in [6, 6.07) is 0. The molecule has 0 amide bonds. The highest BCUT2D eigenvalue weighted by molar-refractivity contribution is 8.00. The number of rotatable bonds is 2. The number of hydrogen-bond donors (Lipinski definition) is 1. The molecule has 4 nitrogen and oxygen atoms in total. The normalized spacial score (nSPS) is 28.4. The summed E-state index contributed by atoms with van der Waals surface area (Å²) in [5.74, 6) is 1.99. The van der Waals surface area contributed by atoms with Crippen LogP contribution < -0.4 is 5.73 Å². The minimum Gasteiger partial charge on any atom is -0.378 e. The molecule has 2 N–H and O–H groups in total. The molecule has 2 aliphatic heterocycles. The van der Waals surface area contributed by atoms with Crippen molar-refractivity contribution in [1.82, 2.24) is 4.90 Å². The van der Waals surface area contributed by atoms with E-state index in [9.17, 15) is 0 Å². The van der Waals surface area contributed by atoms with Crippen molar-refractivity contribution in [3.8, 4) is 0 Å². The zero-order valence-electron chi connectivity index (χ0n) is 9.02. The summed E-state index contributed by atoms with van der Waals surface area (Å²) in [5, 5.41) is 0.699. The number of hydrogen-bond acceptors (Lipinski definition) is 3. The van der Waals surface area contributed by atoms with Crippen LogP contribution in [0.1, 0.15) is 12.8 Å². The smallest absolute Gasteiger partial charge is 0.191 e. The molecule has 2 fully saturated rings. The average molecular weight is 229 g/mol. The predicted molar refractivity (Wildman–Crippen MR) is 64.4 cm³/mol. The van der Waals surface area contributed by atoms with Crippen LogP contribution in [0.25, 0.3) is 0 Å². The first-order chi connectivity index (χ1) is 7.36. The van der Waals surface area contributed by atoms with Crippen LogP contribution in [0.15, 0.2) is 4.99 Å². The Labute approximate surface area is 95.2 Å². The van der Waals surface area contributed by atoms with Crippen molar-refractivity contribution >= 4 is 17.7 Å². The monoisotopic (exact) mass is 229 g/mol. The fourth-order valence-corrected chi connectivity index (χ4v) is 3.06. The van der Waals surface area contributed by atoms with Gasteiger partial charge in [0.2, 0.25) is 0 Å². The molecular formula is C10H19N3OS. The lowest BCUT2D eigenvalue weighted by Gasteiger charge is -2.27. The van der Waals surface area contributed by atoms with Gasteiger partial charge in [0.15, 0.2) is 5.96 Å². The first-order valence-electron chi connectivity index (χ1n) is 5.60. The van der Waals surface area contributed by atoms with Gasteiger partial charge in [-0.2, -0.15) is 11.8 Å². The first-order valence-corrected chi connectivity index (χ1v) is 6.65. The molecule has 1 atom stereocenters. The third kappa shape index (κ3) is 3.28. The molecule has 0 aromatic rings. The van der Waals surface area contributed by atoms with Crippen molar-refractivity contribution in [3.63, 3.8) is 0 Å². The summed E-state index contributed by atoms with van der Waals surface area (Å²) in [7, 11) is 0. The van der Waals surface area contributed by atoms with Crippen LogP contribution >= 0.6 is 11.8 Å². The van der Waals surface area contributed by atoms with Crippen LogP contribution in [0.5, 0.6) is 0 Å². The van der Waals surface area contributed by atoms with Gasteiger partial charge in [-0.25, -0.2) is 0 Å². The molecule has 0 spiro atoms. The van der Waals surface area contributed by atoms with E-state index in [-0.39, 0.29) is 0 Å². The van der Waals surface area contributed by atoms with Gasteiger partial charge in [-0.15, -0.1) is 0 Å². The van der Waals surface area contributed by atoms with E-state index in [1.54, 1.807) is 0 Å². The van der Waals surface area contributed by atoms with Gasteiger partial charge in [-0.1, -0.05) is 0 Å². The zero-order valence-corrected chi connectivity index (χ0v) is 9.84. The molecule has 0 aromatic heterocycles. The van der Waals surface area contributed by atoms with Crippen molar-refractivity contribution in [2.75, 3.05) is 38.6 Å². The molecule has 2 aliphatic rings. The van der Waals surface area contributed by atoms with E-state index >= 15 is 0 Å². The summed E-state index contributed by atoms with van der Waals surface area (Å²) in [6.45, 7) is 4.19. The minimum absolute atomic E-state index is 0.699. The summed E-state index contributed by atoms with van der Waals surface area (Å²) in [5.41, 5.74) is 5.94. The Morgan fingerprint density at radius 1 is 1.47 bits per heavy atom. The topological polar surface area (TPSA) is 50.8 Å². The summed E-state index contributed by atoms with van der Waals surface area (Å²) < 4.78 is 5.27. The maximum Gasteiger partial charge on any atom is 0.191 e. The standard InChI is InChI=1S/C10H19N3OS/c11-10(13-3-5-14-6-4-13)12-8-9-2-1-7-15-9/h9H,1-8H2,(H2,11,12). The quantitative estimate of drug-likeness (QED) is 0.554. The number of morpholine rings is 1. The molecule has 2 rings (SSSR count). The van der Waals surface area contributed by atoms with Crippen molar-refractivity contribution in [3.05, 3.63) is 0 Å². The lowest BCUT2D eigenvalue weighted by Crippen LogP contribution is -2.45. The van der Waals surface area contributed by atoms with Gasteiger partial charge in [0.1, 0.15) is 0 Å². The Morgan fingerprint density at radius 3 is 2.93 bits per heavy atom. The Hall–Kier alpha value is -0.420. The first kappa shape index (κ1) is 11.1. The van der Waals surface area contributed by atoms with E-state index < -0.39 is 0 Å². The van der Waals surface area contributed by atoms with E-state index in [4.69, 9.17) is 10.5 Å². The lowest BCUT2D eigenvalue weighted by atomic mass is 10.2. The van der Waals surface area contributed by atoms with Gasteiger partial charge in [0, 0.05) is 18.3 Å². The third-order valence-corrected chi connectivity index (χ3v) is 4.20. The Balaban J connectivity index is 1.77. The van der Waals surface area contributed by atoms with Crippen LogP contribution in [0.4, 0.5) is 0 Å². The molecule has 0 bridgehead atoms. The van der Waals surface area contributed by atoms with Crippen LogP contribution in [-0.4, -0.2) is 54.7 Å². The van der Waals surface area contributed by atoms with Crippen molar-refractivity contribution < 1.29 is 4.74 Å². The van der Waals surface area contributed by atoms with Gasteiger partial charge in [-0.3, -0.25) is 4.99 Å². The highest BCUT2D eigenvalue weighted by Crippen LogP contribution is 2.26. The van der Waals surface area contributed by atoms with Gasteiger partial charge in [0.05, 0.1) is 19.8 Å². The third-order valence-electron chi connectivity index (χ3n) is 2.82. The molecule has 15 heavy (non-hydrogen) atoms. The number of ether oxygens (including phenoxy) is 1. The Bertz CT molecular complexity index is 223. The fraction of sp³-hybridized carbons (Fsp3) is 0.900. The number of guanidine groups is 1. The SMILES string of the molecule is NC(=NCC1CCCS1)N1CCOCC1. The van der Waals surface area contributed by atoms with Gasteiger partial charge >= 0.3 is 0 Å². The molecule has 0 aliphatic carbocycles. The summed E-state index contributed by atoms with van der Waals surface area (Å²) >= 11 is 2.03. The Morgan fingerprint density at radius 2 is 2.27 bits per heavy atom. The minimum atomic E-state index is 0.699. The van der Waals surface area contributed by atoms with Crippen LogP contribution in [-0.2, 0) is 4.74 Å². The summed E-state index contributed by atoms with van der Waals surface area (Å²) in [4.78, 5) is 6.59. The zero-order chi connectivity index (χ0) is 10.5. The van der Waals surface area contributed by atoms with Crippen molar-refractivity contribution in [1.29, 1.82) is 0 Å². The van der Waals surface area contributed by atoms with E-state index in [1.807, 2.05) is 11.8 Å². The van der Waals surface area contributed by atoms with Crippen LogP contribution in [0, 0.1) is 0 Å². The predicted octanol–water partition coefficient (Wildman–Crippen LogP) is 0.529. The molecule has 86 valence electrons. The number of nitrogens with two attached hydrogens (primary N) is 1. The second-order valence-electron chi connectivity index (χ2n) is 3.93. The summed E-state index contributed by atoms with van der Waals surface area (Å²) in [6.07, 6.45) is 2.63. The molecular weight excluding hydrogens is 210 g/mol. The van der Waals surface area contributed by atoms with E-state index in [2.05, 4.69) is 9.89 Å². The van der Waals surface area contributed by atoms with Crippen molar-refractivity contribution in [2.45, 2.75) is 18.1 Å². The number of aliphatic imine (C=N–C) groups is 1. The molecule has 0 saturated carbocycles.